The molecule has 0 aliphatic rings. The molecule has 0 saturated heterocycles. The third kappa shape index (κ3) is 4.42. The number of nitrogens with zero attached hydrogens (tertiary/aromatic N) is 3. The lowest BCUT2D eigenvalue weighted by Crippen LogP contribution is -2.28. The zero-order chi connectivity index (χ0) is 16.8. The first-order valence-corrected chi connectivity index (χ1v) is 8.08. The van der Waals surface area contributed by atoms with Gasteiger partial charge in [0.15, 0.2) is 6.61 Å². The number of hydrogen-bond acceptors (Lipinski definition) is 4. The monoisotopic (exact) mass is 386 g/mol. The van der Waals surface area contributed by atoms with Crippen LogP contribution in [0.25, 0.3) is 5.82 Å². The van der Waals surface area contributed by atoms with Gasteiger partial charge in [0.1, 0.15) is 17.9 Å². The molecule has 2 aromatic heterocycles. The van der Waals surface area contributed by atoms with Crippen molar-refractivity contribution in [1.29, 1.82) is 0 Å². The molecule has 1 aromatic carbocycles. The Hall–Kier alpha value is -2.67. The van der Waals surface area contributed by atoms with E-state index in [1.807, 2.05) is 35.0 Å². The molecule has 0 fully saturated rings. The van der Waals surface area contributed by atoms with Crippen molar-refractivity contribution in [2.45, 2.75) is 6.54 Å². The maximum absolute atomic E-state index is 11.9. The fourth-order valence-electron chi connectivity index (χ4n) is 2.04. The number of pyridine rings is 1. The first kappa shape index (κ1) is 16.2. The zero-order valence-corrected chi connectivity index (χ0v) is 14.3. The lowest BCUT2D eigenvalue weighted by Gasteiger charge is -2.08. The standard InChI is InChI=1S/C17H15BrN4O2/c18-14-1-3-15(4-2-14)24-11-17(23)21-10-13-5-6-20-16(9-13)22-8-7-19-12-22/h1-9,12H,10-11H2,(H,21,23). The topological polar surface area (TPSA) is 69.0 Å². The van der Waals surface area contributed by atoms with Gasteiger partial charge in [-0.15, -0.1) is 0 Å². The number of aromatic nitrogens is 3. The molecule has 0 bridgehead atoms. The van der Waals surface area contributed by atoms with Crippen LogP contribution in [0.15, 0.2) is 65.8 Å². The average molecular weight is 387 g/mol. The Morgan fingerprint density at radius 1 is 1.21 bits per heavy atom. The second-order valence-corrected chi connectivity index (χ2v) is 5.93. The van der Waals surface area contributed by atoms with Crippen molar-refractivity contribution in [1.82, 2.24) is 19.9 Å². The van der Waals surface area contributed by atoms with Crippen LogP contribution in [-0.4, -0.2) is 27.0 Å². The van der Waals surface area contributed by atoms with E-state index in [1.54, 1.807) is 30.9 Å². The van der Waals surface area contributed by atoms with Gasteiger partial charge < -0.3 is 10.1 Å². The number of ether oxygens (including phenoxy) is 1. The molecule has 1 amide bonds. The molecular weight excluding hydrogens is 372 g/mol. The molecule has 0 atom stereocenters. The summed E-state index contributed by atoms with van der Waals surface area (Å²) in [7, 11) is 0. The van der Waals surface area contributed by atoms with E-state index in [9.17, 15) is 4.79 Å². The molecule has 24 heavy (non-hydrogen) atoms. The summed E-state index contributed by atoms with van der Waals surface area (Å²) in [6.07, 6.45) is 6.89. The van der Waals surface area contributed by atoms with Gasteiger partial charge in [-0.25, -0.2) is 9.97 Å². The lowest BCUT2D eigenvalue weighted by molar-refractivity contribution is -0.123. The molecule has 0 saturated carbocycles. The molecule has 0 radical (unpaired) electrons. The Bertz CT molecular complexity index is 804. The van der Waals surface area contributed by atoms with Crippen LogP contribution in [0.2, 0.25) is 0 Å². The summed E-state index contributed by atoms with van der Waals surface area (Å²) in [5.74, 6) is 1.23. The van der Waals surface area contributed by atoms with E-state index in [0.29, 0.717) is 12.3 Å². The highest BCUT2D eigenvalue weighted by molar-refractivity contribution is 9.10. The molecule has 0 aliphatic heterocycles. The highest BCUT2D eigenvalue weighted by atomic mass is 79.9. The molecule has 1 N–H and O–H groups in total. The number of halogens is 1. The van der Waals surface area contributed by atoms with E-state index >= 15 is 0 Å². The Morgan fingerprint density at radius 2 is 2.04 bits per heavy atom. The van der Waals surface area contributed by atoms with E-state index in [4.69, 9.17) is 4.74 Å². The Kier molecular flexibility index (Phi) is 5.22. The second-order valence-electron chi connectivity index (χ2n) is 5.01. The summed E-state index contributed by atoms with van der Waals surface area (Å²) in [5, 5.41) is 2.83. The van der Waals surface area contributed by atoms with Gasteiger partial charge in [-0.2, -0.15) is 0 Å². The number of benzene rings is 1. The van der Waals surface area contributed by atoms with Crippen molar-refractivity contribution in [3.63, 3.8) is 0 Å². The molecule has 3 aromatic rings. The van der Waals surface area contributed by atoms with E-state index in [0.717, 1.165) is 15.9 Å². The maximum Gasteiger partial charge on any atom is 0.258 e. The summed E-state index contributed by atoms with van der Waals surface area (Å²) in [6.45, 7) is 0.383. The molecule has 0 aliphatic carbocycles. The Morgan fingerprint density at radius 3 is 2.79 bits per heavy atom. The van der Waals surface area contributed by atoms with Crippen molar-refractivity contribution in [2.24, 2.45) is 0 Å². The van der Waals surface area contributed by atoms with Gasteiger partial charge in [-0.05, 0) is 42.0 Å². The summed E-state index contributed by atoms with van der Waals surface area (Å²) >= 11 is 3.35. The van der Waals surface area contributed by atoms with E-state index in [1.165, 1.54) is 0 Å². The maximum atomic E-state index is 11.9. The van der Waals surface area contributed by atoms with Crippen LogP contribution >= 0.6 is 15.9 Å². The number of rotatable bonds is 6. The minimum atomic E-state index is -0.182. The first-order chi connectivity index (χ1) is 11.7. The Labute approximate surface area is 147 Å². The fraction of sp³-hybridized carbons (Fsp3) is 0.118. The van der Waals surface area contributed by atoms with Crippen LogP contribution in [0.4, 0.5) is 0 Å². The highest BCUT2D eigenvalue weighted by Crippen LogP contribution is 2.15. The SMILES string of the molecule is O=C(COc1ccc(Br)cc1)NCc1ccnc(-n2ccnc2)c1. The number of hydrogen-bond donors (Lipinski definition) is 1. The third-order valence-electron chi connectivity index (χ3n) is 3.25. The molecule has 3 rings (SSSR count). The van der Waals surface area contributed by atoms with Gasteiger partial charge in [-0.3, -0.25) is 9.36 Å². The minimum absolute atomic E-state index is 0.0267. The first-order valence-electron chi connectivity index (χ1n) is 7.29. The molecule has 0 spiro atoms. The van der Waals surface area contributed by atoms with Crippen LogP contribution in [0.3, 0.4) is 0 Å². The number of carbonyl (C=O) groups is 1. The summed E-state index contributed by atoms with van der Waals surface area (Å²) in [4.78, 5) is 20.2. The number of amides is 1. The molecule has 7 heteroatoms. The molecule has 2 heterocycles. The Balaban J connectivity index is 1.51. The minimum Gasteiger partial charge on any atom is -0.484 e. The molecule has 6 nitrogen and oxygen atoms in total. The molecule has 0 unspecified atom stereocenters. The quantitative estimate of drug-likeness (QED) is 0.706. The van der Waals surface area contributed by atoms with Crippen LogP contribution in [0.5, 0.6) is 5.75 Å². The van der Waals surface area contributed by atoms with Crippen molar-refractivity contribution in [3.8, 4) is 11.6 Å². The molecular formula is C17H15BrN4O2. The number of imidazole rings is 1. The van der Waals surface area contributed by atoms with Crippen molar-refractivity contribution in [3.05, 3.63) is 71.4 Å². The van der Waals surface area contributed by atoms with Gasteiger partial charge >= 0.3 is 0 Å². The van der Waals surface area contributed by atoms with Crippen LogP contribution in [-0.2, 0) is 11.3 Å². The van der Waals surface area contributed by atoms with Crippen LogP contribution in [0.1, 0.15) is 5.56 Å². The number of nitrogens with one attached hydrogen (secondary N) is 1. The van der Waals surface area contributed by atoms with E-state index in [-0.39, 0.29) is 12.5 Å². The van der Waals surface area contributed by atoms with Crippen molar-refractivity contribution in [2.75, 3.05) is 6.61 Å². The van der Waals surface area contributed by atoms with Crippen LogP contribution < -0.4 is 10.1 Å². The van der Waals surface area contributed by atoms with Crippen LogP contribution in [0, 0.1) is 0 Å². The summed E-state index contributed by atoms with van der Waals surface area (Å²) in [5.41, 5.74) is 0.950. The fourth-order valence-corrected chi connectivity index (χ4v) is 2.30. The van der Waals surface area contributed by atoms with Gasteiger partial charge in [0.2, 0.25) is 0 Å². The zero-order valence-electron chi connectivity index (χ0n) is 12.7. The normalized spacial score (nSPS) is 10.4. The predicted octanol–water partition coefficient (Wildman–Crippen LogP) is 2.73. The van der Waals surface area contributed by atoms with E-state index < -0.39 is 0 Å². The smallest absolute Gasteiger partial charge is 0.258 e. The third-order valence-corrected chi connectivity index (χ3v) is 3.78. The van der Waals surface area contributed by atoms with Gasteiger partial charge in [-0.1, -0.05) is 15.9 Å². The number of carbonyl (C=O) groups excluding carboxylic acids is 1. The predicted molar refractivity (Wildman–Crippen MR) is 92.8 cm³/mol. The van der Waals surface area contributed by atoms with Crippen molar-refractivity contribution >= 4 is 21.8 Å². The van der Waals surface area contributed by atoms with Gasteiger partial charge in [0.25, 0.3) is 5.91 Å². The van der Waals surface area contributed by atoms with E-state index in [2.05, 4.69) is 31.2 Å². The largest absolute Gasteiger partial charge is 0.484 e. The molecule has 122 valence electrons. The average Bonchev–Trinajstić information content (AvgIpc) is 3.14. The lowest BCUT2D eigenvalue weighted by atomic mass is 10.2. The summed E-state index contributed by atoms with van der Waals surface area (Å²) in [6, 6.07) is 11.1. The second kappa shape index (κ2) is 7.74. The van der Waals surface area contributed by atoms with Gasteiger partial charge in [0, 0.05) is 29.6 Å². The summed E-state index contributed by atoms with van der Waals surface area (Å²) < 4.78 is 8.21. The van der Waals surface area contributed by atoms with Crippen molar-refractivity contribution < 1.29 is 9.53 Å². The van der Waals surface area contributed by atoms with Gasteiger partial charge in [0.05, 0.1) is 0 Å². The highest BCUT2D eigenvalue weighted by Gasteiger charge is 2.04.